The molecule has 0 radical (unpaired) electrons. The molecule has 23 heavy (non-hydrogen) atoms. The predicted molar refractivity (Wildman–Crippen MR) is 89.3 cm³/mol. The zero-order valence-corrected chi connectivity index (χ0v) is 13.0. The monoisotopic (exact) mass is 308 g/mol. The lowest BCUT2D eigenvalue weighted by Gasteiger charge is -2.32. The quantitative estimate of drug-likeness (QED) is 0.805. The van der Waals surface area contributed by atoms with Crippen molar-refractivity contribution in [3.05, 3.63) is 54.7 Å². The topological polar surface area (TPSA) is 54.0 Å². The molecule has 0 unspecified atom stereocenters. The summed E-state index contributed by atoms with van der Waals surface area (Å²) < 4.78 is 6.25. The van der Waals surface area contributed by atoms with E-state index in [-0.39, 0.29) is 6.10 Å². The van der Waals surface area contributed by atoms with Crippen molar-refractivity contribution in [1.29, 1.82) is 0 Å². The highest BCUT2D eigenvalue weighted by atomic mass is 16.5. The van der Waals surface area contributed by atoms with Crippen LogP contribution in [0.25, 0.3) is 10.9 Å². The van der Waals surface area contributed by atoms with Gasteiger partial charge in [0.1, 0.15) is 18.2 Å². The first-order valence-electron chi connectivity index (χ1n) is 8.08. The maximum absolute atomic E-state index is 6.25. The van der Waals surface area contributed by atoms with Gasteiger partial charge in [-0.1, -0.05) is 6.07 Å². The number of hydrogen-bond acceptors (Lipinski definition) is 4. The van der Waals surface area contributed by atoms with Crippen LogP contribution in [0.4, 0.5) is 0 Å². The van der Waals surface area contributed by atoms with Gasteiger partial charge in [0.05, 0.1) is 5.69 Å². The largest absolute Gasteiger partial charge is 0.490 e. The molecular weight excluding hydrogens is 288 g/mol. The molecule has 0 aliphatic carbocycles. The van der Waals surface area contributed by atoms with Crippen LogP contribution in [-0.2, 0) is 6.54 Å². The summed E-state index contributed by atoms with van der Waals surface area (Å²) >= 11 is 0. The Morgan fingerprint density at radius 1 is 1.17 bits per heavy atom. The van der Waals surface area contributed by atoms with Crippen molar-refractivity contribution in [3.8, 4) is 5.75 Å². The van der Waals surface area contributed by atoms with Crippen LogP contribution in [0.5, 0.6) is 5.75 Å². The van der Waals surface area contributed by atoms with Crippen molar-refractivity contribution < 1.29 is 4.74 Å². The summed E-state index contributed by atoms with van der Waals surface area (Å²) in [5, 5.41) is 1.16. The van der Waals surface area contributed by atoms with E-state index in [1.54, 1.807) is 12.5 Å². The van der Waals surface area contributed by atoms with Gasteiger partial charge in [0.25, 0.3) is 0 Å². The number of H-pyrrole nitrogens is 1. The van der Waals surface area contributed by atoms with Gasteiger partial charge in [0.2, 0.25) is 0 Å². The standard InChI is InChI=1S/C18H20N4O/c1-2-17-16(5-9-20-17)18(3-1)23-15-6-10-22(11-7-15)12-14-4-8-19-13-21-14/h1-5,8-9,13,15,20H,6-7,10-12H2. The molecule has 5 nitrogen and oxygen atoms in total. The molecule has 3 heterocycles. The highest BCUT2D eigenvalue weighted by Crippen LogP contribution is 2.27. The number of hydrogen-bond donors (Lipinski definition) is 1. The van der Waals surface area contributed by atoms with Gasteiger partial charge < -0.3 is 9.72 Å². The van der Waals surface area contributed by atoms with Gasteiger partial charge in [-0.05, 0) is 37.1 Å². The minimum atomic E-state index is 0.289. The Morgan fingerprint density at radius 2 is 2.09 bits per heavy atom. The van der Waals surface area contributed by atoms with Crippen LogP contribution in [0.15, 0.2) is 49.1 Å². The number of nitrogens with one attached hydrogen (secondary N) is 1. The predicted octanol–water partition coefficient (Wildman–Crippen LogP) is 3.00. The minimum absolute atomic E-state index is 0.289. The zero-order valence-electron chi connectivity index (χ0n) is 13.0. The van der Waals surface area contributed by atoms with Crippen molar-refractivity contribution in [3.63, 3.8) is 0 Å². The summed E-state index contributed by atoms with van der Waals surface area (Å²) in [6.07, 6.45) is 7.76. The highest BCUT2D eigenvalue weighted by molar-refractivity contribution is 5.85. The Hall–Kier alpha value is -2.40. The number of nitrogens with zero attached hydrogens (tertiary/aromatic N) is 3. The van der Waals surface area contributed by atoms with Crippen LogP contribution < -0.4 is 4.74 Å². The Labute approximate surface area is 135 Å². The highest BCUT2D eigenvalue weighted by Gasteiger charge is 2.21. The lowest BCUT2D eigenvalue weighted by atomic mass is 10.1. The number of aromatic nitrogens is 3. The van der Waals surface area contributed by atoms with E-state index in [0.29, 0.717) is 0 Å². The lowest BCUT2D eigenvalue weighted by molar-refractivity contribution is 0.0973. The first-order chi connectivity index (χ1) is 11.4. The lowest BCUT2D eigenvalue weighted by Crippen LogP contribution is -2.38. The Balaban J connectivity index is 1.36. The molecule has 0 spiro atoms. The van der Waals surface area contributed by atoms with E-state index in [1.807, 2.05) is 18.3 Å². The van der Waals surface area contributed by atoms with Gasteiger partial charge in [-0.25, -0.2) is 9.97 Å². The van der Waals surface area contributed by atoms with E-state index < -0.39 is 0 Å². The third-order valence-electron chi connectivity index (χ3n) is 4.41. The van der Waals surface area contributed by atoms with Gasteiger partial charge in [0, 0.05) is 42.9 Å². The molecule has 1 aromatic carbocycles. The molecule has 0 bridgehead atoms. The molecule has 0 amide bonds. The Kier molecular flexibility index (Phi) is 3.94. The third-order valence-corrected chi connectivity index (χ3v) is 4.41. The second kappa shape index (κ2) is 6.38. The number of rotatable bonds is 4. The van der Waals surface area contributed by atoms with Crippen molar-refractivity contribution >= 4 is 10.9 Å². The van der Waals surface area contributed by atoms with Crippen molar-refractivity contribution in [1.82, 2.24) is 19.9 Å². The Morgan fingerprint density at radius 3 is 2.91 bits per heavy atom. The summed E-state index contributed by atoms with van der Waals surface area (Å²) in [5.74, 6) is 0.984. The van der Waals surface area contributed by atoms with Crippen molar-refractivity contribution in [2.75, 3.05) is 13.1 Å². The van der Waals surface area contributed by atoms with Gasteiger partial charge >= 0.3 is 0 Å². The Bertz CT molecular complexity index is 763. The maximum Gasteiger partial charge on any atom is 0.129 e. The average molecular weight is 308 g/mol. The molecule has 1 saturated heterocycles. The van der Waals surface area contributed by atoms with Gasteiger partial charge in [-0.2, -0.15) is 0 Å². The molecular formula is C18H20N4O. The summed E-state index contributed by atoms with van der Waals surface area (Å²) in [4.78, 5) is 13.9. The molecule has 3 aromatic rings. The zero-order chi connectivity index (χ0) is 15.5. The first kappa shape index (κ1) is 14.2. The molecule has 0 saturated carbocycles. The van der Waals surface area contributed by atoms with Crippen LogP contribution in [0.3, 0.4) is 0 Å². The normalized spacial score (nSPS) is 16.7. The summed E-state index contributed by atoms with van der Waals surface area (Å²) in [5.41, 5.74) is 2.21. The van der Waals surface area contributed by atoms with E-state index in [2.05, 4.69) is 38.1 Å². The first-order valence-corrected chi connectivity index (χ1v) is 8.08. The van der Waals surface area contributed by atoms with Crippen LogP contribution in [0, 0.1) is 0 Å². The number of benzene rings is 1. The van der Waals surface area contributed by atoms with E-state index in [0.717, 1.165) is 54.8 Å². The van der Waals surface area contributed by atoms with E-state index in [4.69, 9.17) is 4.74 Å². The number of ether oxygens (including phenoxy) is 1. The van der Waals surface area contributed by atoms with Gasteiger partial charge in [-0.3, -0.25) is 4.90 Å². The summed E-state index contributed by atoms with van der Waals surface area (Å²) in [6.45, 7) is 2.97. The van der Waals surface area contributed by atoms with E-state index >= 15 is 0 Å². The molecule has 1 fully saturated rings. The average Bonchev–Trinajstić information content (AvgIpc) is 3.07. The molecule has 1 aliphatic heterocycles. The fourth-order valence-electron chi connectivity index (χ4n) is 3.16. The van der Waals surface area contributed by atoms with Crippen LogP contribution in [-0.4, -0.2) is 39.0 Å². The molecule has 118 valence electrons. The molecule has 1 N–H and O–H groups in total. The molecule has 5 heteroatoms. The van der Waals surface area contributed by atoms with Crippen molar-refractivity contribution in [2.45, 2.75) is 25.5 Å². The molecule has 1 aliphatic rings. The van der Waals surface area contributed by atoms with Crippen LogP contribution in [0.1, 0.15) is 18.5 Å². The second-order valence-corrected chi connectivity index (χ2v) is 5.99. The fourth-order valence-corrected chi connectivity index (χ4v) is 3.16. The third kappa shape index (κ3) is 3.19. The molecule has 4 rings (SSSR count). The summed E-state index contributed by atoms with van der Waals surface area (Å²) in [6, 6.07) is 10.2. The number of likely N-dealkylation sites (tertiary alicyclic amines) is 1. The van der Waals surface area contributed by atoms with Crippen LogP contribution >= 0.6 is 0 Å². The number of piperidine rings is 1. The molecule has 2 aromatic heterocycles. The van der Waals surface area contributed by atoms with Crippen LogP contribution in [0.2, 0.25) is 0 Å². The van der Waals surface area contributed by atoms with E-state index in [1.165, 1.54) is 0 Å². The minimum Gasteiger partial charge on any atom is -0.490 e. The second-order valence-electron chi connectivity index (χ2n) is 5.99. The van der Waals surface area contributed by atoms with Crippen molar-refractivity contribution in [2.24, 2.45) is 0 Å². The SMILES string of the molecule is c1cc(OC2CCN(Cc3ccncn3)CC2)c2cc[nH]c2c1. The van der Waals surface area contributed by atoms with Gasteiger partial charge in [-0.15, -0.1) is 0 Å². The molecule has 0 atom stereocenters. The van der Waals surface area contributed by atoms with E-state index in [9.17, 15) is 0 Å². The summed E-state index contributed by atoms with van der Waals surface area (Å²) in [7, 11) is 0. The number of fused-ring (bicyclic) bond motifs is 1. The smallest absolute Gasteiger partial charge is 0.129 e. The number of aromatic amines is 1. The van der Waals surface area contributed by atoms with Gasteiger partial charge in [0.15, 0.2) is 0 Å². The maximum atomic E-state index is 6.25. The fraction of sp³-hybridized carbons (Fsp3) is 0.333.